The molecule has 0 saturated heterocycles. The van der Waals surface area contributed by atoms with Crippen LogP contribution in [0.4, 0.5) is 5.69 Å². The lowest BCUT2D eigenvalue weighted by atomic mass is 10.1. The number of hydrogen-bond donors (Lipinski definition) is 1. The van der Waals surface area contributed by atoms with Gasteiger partial charge in [0, 0.05) is 19.0 Å². The van der Waals surface area contributed by atoms with Gasteiger partial charge in [0.05, 0.1) is 18.0 Å². The van der Waals surface area contributed by atoms with Crippen molar-refractivity contribution in [2.45, 2.75) is 25.8 Å². The fourth-order valence-electron chi connectivity index (χ4n) is 3.05. The zero-order chi connectivity index (χ0) is 20.1. The Morgan fingerprint density at radius 3 is 2.57 bits per heavy atom. The van der Waals surface area contributed by atoms with E-state index in [9.17, 15) is 13.2 Å². The lowest BCUT2D eigenvalue weighted by Crippen LogP contribution is -2.32. The normalized spacial score (nSPS) is 13.8. The summed E-state index contributed by atoms with van der Waals surface area (Å²) in [6.07, 6.45) is 1.78. The molecule has 0 unspecified atom stereocenters. The van der Waals surface area contributed by atoms with E-state index < -0.39 is 10.0 Å². The first-order valence-electron chi connectivity index (χ1n) is 9.06. The number of carbonyl (C=O) groups excluding carboxylic acids is 1. The molecule has 1 heterocycles. The lowest BCUT2D eigenvalue weighted by Gasteiger charge is -2.22. The molecule has 2 aromatic carbocycles. The van der Waals surface area contributed by atoms with E-state index in [2.05, 4.69) is 5.32 Å². The fraction of sp³-hybridized carbons (Fsp3) is 0.350. The second-order valence-electron chi connectivity index (χ2n) is 6.68. The van der Waals surface area contributed by atoms with Crippen molar-refractivity contribution in [1.29, 1.82) is 0 Å². The van der Waals surface area contributed by atoms with Gasteiger partial charge < -0.3 is 14.8 Å². The Morgan fingerprint density at radius 2 is 1.86 bits per heavy atom. The van der Waals surface area contributed by atoms with Crippen molar-refractivity contribution < 1.29 is 22.7 Å². The van der Waals surface area contributed by atoms with Crippen molar-refractivity contribution >= 4 is 21.6 Å². The maximum absolute atomic E-state index is 12.2. The highest BCUT2D eigenvalue weighted by Crippen LogP contribution is 2.36. The minimum Gasteiger partial charge on any atom is -0.454 e. The minimum atomic E-state index is -3.49. The van der Waals surface area contributed by atoms with Gasteiger partial charge in [0.25, 0.3) is 0 Å². The molecular formula is C20H24N2O5S. The Bertz CT molecular complexity index is 931. The monoisotopic (exact) mass is 404 g/mol. The summed E-state index contributed by atoms with van der Waals surface area (Å²) in [5.74, 6) is 0.988. The van der Waals surface area contributed by atoms with Crippen LogP contribution in [0.25, 0.3) is 0 Å². The van der Waals surface area contributed by atoms with Crippen LogP contribution < -0.4 is 19.1 Å². The quantitative estimate of drug-likeness (QED) is 0.731. The molecule has 0 aromatic heterocycles. The van der Waals surface area contributed by atoms with E-state index in [0.717, 1.165) is 11.8 Å². The van der Waals surface area contributed by atoms with E-state index in [0.29, 0.717) is 23.6 Å². The summed E-state index contributed by atoms with van der Waals surface area (Å²) in [7, 11) is -3.49. The predicted octanol–water partition coefficient (Wildman–Crippen LogP) is 2.84. The van der Waals surface area contributed by atoms with Crippen molar-refractivity contribution in [2.75, 3.05) is 23.9 Å². The first-order valence-corrected chi connectivity index (χ1v) is 10.9. The Balaban J connectivity index is 1.58. The fourth-order valence-corrected chi connectivity index (χ4v) is 4.01. The van der Waals surface area contributed by atoms with Crippen molar-refractivity contribution in [3.8, 4) is 11.5 Å². The molecule has 0 spiro atoms. The van der Waals surface area contributed by atoms with Gasteiger partial charge in [-0.05, 0) is 31.0 Å². The third-order valence-electron chi connectivity index (χ3n) is 4.49. The van der Waals surface area contributed by atoms with Crippen LogP contribution >= 0.6 is 0 Å². The zero-order valence-electron chi connectivity index (χ0n) is 15.9. The molecule has 1 aliphatic rings. The topological polar surface area (TPSA) is 84.9 Å². The molecule has 2 aromatic rings. The highest BCUT2D eigenvalue weighted by Gasteiger charge is 2.21. The van der Waals surface area contributed by atoms with Crippen molar-refractivity contribution in [2.24, 2.45) is 0 Å². The molecule has 1 atom stereocenters. The number of ether oxygens (including phenoxy) is 2. The van der Waals surface area contributed by atoms with Gasteiger partial charge in [-0.3, -0.25) is 9.10 Å². The number of rotatable bonds is 8. The second-order valence-corrected chi connectivity index (χ2v) is 8.58. The molecule has 0 radical (unpaired) electrons. The average molecular weight is 404 g/mol. The van der Waals surface area contributed by atoms with E-state index in [1.807, 2.05) is 37.3 Å². The number of hydrogen-bond acceptors (Lipinski definition) is 5. The molecule has 150 valence electrons. The number of amides is 1. The van der Waals surface area contributed by atoms with Gasteiger partial charge in [-0.15, -0.1) is 0 Å². The van der Waals surface area contributed by atoms with Gasteiger partial charge in [0.15, 0.2) is 11.5 Å². The maximum atomic E-state index is 12.2. The Kier molecular flexibility index (Phi) is 6.08. The molecule has 28 heavy (non-hydrogen) atoms. The third kappa shape index (κ3) is 4.95. The second kappa shape index (κ2) is 8.52. The minimum absolute atomic E-state index is 0.103. The largest absolute Gasteiger partial charge is 0.454 e. The summed E-state index contributed by atoms with van der Waals surface area (Å²) in [6, 6.07) is 14.6. The first-order chi connectivity index (χ1) is 13.3. The van der Waals surface area contributed by atoms with Gasteiger partial charge in [-0.25, -0.2) is 8.42 Å². The molecular weight excluding hydrogens is 380 g/mol. The molecule has 7 nitrogen and oxygen atoms in total. The Labute approximate surface area is 165 Å². The first kappa shape index (κ1) is 20.0. The van der Waals surface area contributed by atoms with Gasteiger partial charge in [0.2, 0.25) is 22.7 Å². The number of benzene rings is 2. The summed E-state index contributed by atoms with van der Waals surface area (Å²) < 4.78 is 36.3. The zero-order valence-corrected chi connectivity index (χ0v) is 16.7. The van der Waals surface area contributed by atoms with Crippen molar-refractivity contribution in [3.05, 3.63) is 54.1 Å². The number of fused-ring (bicyclic) bond motifs is 1. The molecule has 1 aliphatic heterocycles. The van der Waals surface area contributed by atoms with Crippen molar-refractivity contribution in [3.63, 3.8) is 0 Å². The van der Waals surface area contributed by atoms with Gasteiger partial charge in [0.1, 0.15) is 0 Å². The predicted molar refractivity (Wildman–Crippen MR) is 107 cm³/mol. The number of sulfonamides is 1. The average Bonchev–Trinajstić information content (AvgIpc) is 3.12. The van der Waals surface area contributed by atoms with Crippen molar-refractivity contribution in [1.82, 2.24) is 5.32 Å². The SMILES string of the molecule is C[C@@H](NC(=O)CCCN(c1ccc2c(c1)OCO2)S(C)(=O)=O)c1ccccc1. The smallest absolute Gasteiger partial charge is 0.232 e. The van der Waals surface area contributed by atoms with Crippen LogP contribution in [0.2, 0.25) is 0 Å². The highest BCUT2D eigenvalue weighted by atomic mass is 32.2. The number of nitrogens with one attached hydrogen (secondary N) is 1. The van der Waals surface area contributed by atoms with Crippen LogP contribution in [0.1, 0.15) is 31.4 Å². The molecule has 1 amide bonds. The molecule has 0 fully saturated rings. The summed E-state index contributed by atoms with van der Waals surface area (Å²) in [5.41, 5.74) is 1.51. The highest BCUT2D eigenvalue weighted by molar-refractivity contribution is 7.92. The van der Waals surface area contributed by atoms with Gasteiger partial charge in [-0.2, -0.15) is 0 Å². The number of carbonyl (C=O) groups is 1. The maximum Gasteiger partial charge on any atom is 0.232 e. The van der Waals surface area contributed by atoms with E-state index >= 15 is 0 Å². The molecule has 0 bridgehead atoms. The molecule has 0 aliphatic carbocycles. The third-order valence-corrected chi connectivity index (χ3v) is 5.68. The van der Waals surface area contributed by atoms with Gasteiger partial charge >= 0.3 is 0 Å². The van der Waals surface area contributed by atoms with E-state index in [-0.39, 0.29) is 31.7 Å². The van der Waals surface area contributed by atoms with Gasteiger partial charge in [-0.1, -0.05) is 30.3 Å². The number of anilines is 1. The Hall–Kier alpha value is -2.74. The van der Waals surface area contributed by atoms with Crippen LogP contribution in [-0.4, -0.2) is 33.9 Å². The van der Waals surface area contributed by atoms with Crippen LogP contribution in [0, 0.1) is 0 Å². The summed E-state index contributed by atoms with van der Waals surface area (Å²) in [5, 5.41) is 2.94. The summed E-state index contributed by atoms with van der Waals surface area (Å²) in [4.78, 5) is 12.2. The summed E-state index contributed by atoms with van der Waals surface area (Å²) in [6.45, 7) is 2.24. The molecule has 0 saturated carbocycles. The van der Waals surface area contributed by atoms with Crippen LogP contribution in [-0.2, 0) is 14.8 Å². The van der Waals surface area contributed by atoms with Crippen LogP contribution in [0.15, 0.2) is 48.5 Å². The number of nitrogens with zero attached hydrogens (tertiary/aromatic N) is 1. The van der Waals surface area contributed by atoms with E-state index in [1.54, 1.807) is 18.2 Å². The van der Waals surface area contributed by atoms with E-state index in [4.69, 9.17) is 9.47 Å². The van der Waals surface area contributed by atoms with Crippen LogP contribution in [0.3, 0.4) is 0 Å². The standard InChI is InChI=1S/C20H24N2O5S/c1-15(16-7-4-3-5-8-16)21-20(23)9-6-12-22(28(2,24)25)17-10-11-18-19(13-17)27-14-26-18/h3-5,7-8,10-11,13,15H,6,9,12,14H2,1-2H3,(H,21,23)/t15-/m1/s1. The summed E-state index contributed by atoms with van der Waals surface area (Å²) >= 11 is 0. The van der Waals surface area contributed by atoms with Crippen LogP contribution in [0.5, 0.6) is 11.5 Å². The lowest BCUT2D eigenvalue weighted by molar-refractivity contribution is -0.121. The Morgan fingerprint density at radius 1 is 1.14 bits per heavy atom. The molecule has 8 heteroatoms. The molecule has 1 N–H and O–H groups in total. The molecule has 3 rings (SSSR count). The van der Waals surface area contributed by atoms with E-state index in [1.165, 1.54) is 4.31 Å².